The van der Waals surface area contributed by atoms with Crippen molar-refractivity contribution in [2.45, 2.75) is 13.5 Å². The molecule has 20 heavy (non-hydrogen) atoms. The van der Waals surface area contributed by atoms with E-state index in [1.54, 1.807) is 6.07 Å². The molecule has 0 radical (unpaired) electrons. The molecule has 110 valence electrons. The van der Waals surface area contributed by atoms with E-state index < -0.39 is 7.12 Å². The number of methoxy groups -OCH3 is 1. The molecule has 1 fully saturated rings. The smallest absolute Gasteiger partial charge is 0.492 e. The van der Waals surface area contributed by atoms with E-state index in [4.69, 9.17) is 4.74 Å². The van der Waals surface area contributed by atoms with Gasteiger partial charge < -0.3 is 19.7 Å². The predicted octanol–water partition coefficient (Wildman–Crippen LogP) is -0.487. The van der Waals surface area contributed by atoms with Crippen LogP contribution in [0.4, 0.5) is 0 Å². The molecule has 5 nitrogen and oxygen atoms in total. The van der Waals surface area contributed by atoms with Gasteiger partial charge in [0.15, 0.2) is 0 Å². The van der Waals surface area contributed by atoms with Crippen LogP contribution >= 0.6 is 0 Å². The second kappa shape index (κ2) is 7.08. The van der Waals surface area contributed by atoms with E-state index >= 15 is 0 Å². The summed E-state index contributed by atoms with van der Waals surface area (Å²) in [6.07, 6.45) is 0. The van der Waals surface area contributed by atoms with Crippen molar-refractivity contribution in [3.8, 4) is 5.75 Å². The molecule has 0 aromatic heterocycles. The monoisotopic (exact) mass is 278 g/mol. The van der Waals surface area contributed by atoms with E-state index in [9.17, 15) is 10.0 Å². The molecule has 1 aromatic carbocycles. The highest BCUT2D eigenvalue weighted by Crippen LogP contribution is 2.13. The molecule has 0 saturated carbocycles. The molecule has 0 atom stereocenters. The maximum Gasteiger partial charge on any atom is 0.492 e. The molecule has 2 N–H and O–H groups in total. The van der Waals surface area contributed by atoms with E-state index in [0.29, 0.717) is 11.2 Å². The number of ether oxygens (including phenoxy) is 1. The van der Waals surface area contributed by atoms with E-state index in [1.807, 2.05) is 12.1 Å². The van der Waals surface area contributed by atoms with E-state index in [0.717, 1.165) is 44.8 Å². The lowest BCUT2D eigenvalue weighted by Gasteiger charge is -2.34. The molecule has 0 bridgehead atoms. The molecule has 1 aliphatic heterocycles. The number of nitrogens with zero attached hydrogens (tertiary/aromatic N) is 2. The number of hydrogen-bond acceptors (Lipinski definition) is 5. The molecule has 0 amide bonds. The lowest BCUT2D eigenvalue weighted by atomic mass is 9.78. The Bertz CT molecular complexity index is 434. The minimum Gasteiger partial charge on any atom is -0.497 e. The first-order valence-corrected chi connectivity index (χ1v) is 7.11. The van der Waals surface area contributed by atoms with Gasteiger partial charge in [0.1, 0.15) is 5.75 Å². The highest BCUT2D eigenvalue weighted by Gasteiger charge is 2.19. The Hall–Kier alpha value is -1.08. The maximum absolute atomic E-state index is 9.39. The van der Waals surface area contributed by atoms with Crippen molar-refractivity contribution in [1.29, 1.82) is 0 Å². The highest BCUT2D eigenvalue weighted by atomic mass is 16.5. The van der Waals surface area contributed by atoms with Crippen molar-refractivity contribution in [1.82, 2.24) is 9.80 Å². The van der Waals surface area contributed by atoms with Crippen LogP contribution in [0, 0.1) is 0 Å². The second-order valence-electron chi connectivity index (χ2n) is 5.16. The number of benzene rings is 1. The Morgan fingerprint density at radius 3 is 2.35 bits per heavy atom. The zero-order valence-electron chi connectivity index (χ0n) is 12.2. The lowest BCUT2D eigenvalue weighted by Crippen LogP contribution is -2.45. The number of likely N-dealkylation sites (N-methyl/N-ethyl adjacent to an activating group) is 1. The van der Waals surface area contributed by atoms with Crippen LogP contribution in [0.5, 0.6) is 5.75 Å². The third kappa shape index (κ3) is 3.73. The van der Waals surface area contributed by atoms with Gasteiger partial charge in [-0.15, -0.1) is 0 Å². The van der Waals surface area contributed by atoms with Gasteiger partial charge in [0.25, 0.3) is 0 Å². The zero-order chi connectivity index (χ0) is 14.5. The maximum atomic E-state index is 9.39. The number of rotatable bonds is 5. The first kappa shape index (κ1) is 15.3. The van der Waals surface area contributed by atoms with Crippen molar-refractivity contribution in [2.24, 2.45) is 0 Å². The first-order chi connectivity index (χ1) is 9.63. The summed E-state index contributed by atoms with van der Waals surface area (Å²) in [6, 6.07) is 5.60. The van der Waals surface area contributed by atoms with Crippen LogP contribution in [0.25, 0.3) is 0 Å². The van der Waals surface area contributed by atoms with Crippen molar-refractivity contribution >= 4 is 12.6 Å². The Morgan fingerprint density at radius 2 is 1.80 bits per heavy atom. The summed E-state index contributed by atoms with van der Waals surface area (Å²) < 4.78 is 5.14. The Morgan fingerprint density at radius 1 is 1.15 bits per heavy atom. The summed E-state index contributed by atoms with van der Waals surface area (Å²) in [5.74, 6) is 0.513. The fourth-order valence-corrected chi connectivity index (χ4v) is 2.61. The van der Waals surface area contributed by atoms with Crippen LogP contribution < -0.4 is 10.2 Å². The molecule has 0 spiro atoms. The van der Waals surface area contributed by atoms with E-state index in [-0.39, 0.29) is 0 Å². The minimum absolute atomic E-state index is 0.428. The van der Waals surface area contributed by atoms with E-state index in [1.165, 1.54) is 7.11 Å². The lowest BCUT2D eigenvalue weighted by molar-refractivity contribution is 0.132. The van der Waals surface area contributed by atoms with Crippen LogP contribution in [0.15, 0.2) is 18.2 Å². The highest BCUT2D eigenvalue weighted by molar-refractivity contribution is 6.59. The fraction of sp³-hybridized carbons (Fsp3) is 0.571. The summed E-state index contributed by atoms with van der Waals surface area (Å²) in [6.45, 7) is 8.44. The third-order valence-corrected chi connectivity index (χ3v) is 3.89. The topological polar surface area (TPSA) is 56.2 Å². The zero-order valence-corrected chi connectivity index (χ0v) is 12.2. The van der Waals surface area contributed by atoms with Crippen molar-refractivity contribution in [3.05, 3.63) is 23.8 Å². The SMILES string of the molecule is CCN1CCN(Cc2ccc(OC)c(B(O)O)c2)CC1. The third-order valence-electron chi connectivity index (χ3n) is 3.89. The standard InChI is InChI=1S/C14H23BN2O3/c1-3-16-6-8-17(9-7-16)11-12-4-5-14(20-2)13(10-12)15(18)19/h4-5,10,18-19H,3,6-9,11H2,1-2H3. The van der Waals surface area contributed by atoms with Crippen LogP contribution in [-0.2, 0) is 6.54 Å². The minimum atomic E-state index is -1.50. The number of hydrogen-bond donors (Lipinski definition) is 2. The summed E-state index contributed by atoms with van der Waals surface area (Å²) in [5, 5.41) is 18.8. The van der Waals surface area contributed by atoms with Crippen molar-refractivity contribution in [2.75, 3.05) is 39.8 Å². The Kier molecular flexibility index (Phi) is 5.42. The van der Waals surface area contributed by atoms with Crippen LogP contribution in [-0.4, -0.2) is 66.8 Å². The van der Waals surface area contributed by atoms with Gasteiger partial charge in [0.05, 0.1) is 7.11 Å². The van der Waals surface area contributed by atoms with Crippen LogP contribution in [0.2, 0.25) is 0 Å². The molecule has 0 aliphatic carbocycles. The van der Waals surface area contributed by atoms with Crippen molar-refractivity contribution < 1.29 is 14.8 Å². The van der Waals surface area contributed by atoms with Gasteiger partial charge >= 0.3 is 7.12 Å². The van der Waals surface area contributed by atoms with Gasteiger partial charge in [-0.05, 0) is 18.2 Å². The summed E-state index contributed by atoms with van der Waals surface area (Å²) in [4.78, 5) is 4.83. The molecule has 0 unspecified atom stereocenters. The van der Waals surface area contributed by atoms with E-state index in [2.05, 4.69) is 16.7 Å². The number of piperazine rings is 1. The molecule has 1 heterocycles. The summed E-state index contributed by atoms with van der Waals surface area (Å²) >= 11 is 0. The summed E-state index contributed by atoms with van der Waals surface area (Å²) in [5.41, 5.74) is 1.51. The first-order valence-electron chi connectivity index (χ1n) is 7.11. The van der Waals surface area contributed by atoms with Gasteiger partial charge in [-0.25, -0.2) is 0 Å². The Labute approximate surface area is 120 Å². The quantitative estimate of drug-likeness (QED) is 0.712. The van der Waals surface area contributed by atoms with Gasteiger partial charge in [-0.3, -0.25) is 4.90 Å². The molecular weight excluding hydrogens is 255 g/mol. The average molecular weight is 278 g/mol. The largest absolute Gasteiger partial charge is 0.497 e. The molecule has 6 heteroatoms. The average Bonchev–Trinajstić information content (AvgIpc) is 2.48. The second-order valence-corrected chi connectivity index (χ2v) is 5.16. The molecule has 1 aliphatic rings. The molecular formula is C14H23BN2O3. The molecule has 1 saturated heterocycles. The van der Waals surface area contributed by atoms with Gasteiger partial charge in [0.2, 0.25) is 0 Å². The van der Waals surface area contributed by atoms with Gasteiger partial charge in [0, 0.05) is 38.2 Å². The van der Waals surface area contributed by atoms with Crippen LogP contribution in [0.3, 0.4) is 0 Å². The Balaban J connectivity index is 2.01. The summed E-state index contributed by atoms with van der Waals surface area (Å²) in [7, 11) is 0.0343. The predicted molar refractivity (Wildman–Crippen MR) is 80.2 cm³/mol. The molecule has 2 rings (SSSR count). The van der Waals surface area contributed by atoms with Gasteiger partial charge in [-0.1, -0.05) is 19.1 Å². The van der Waals surface area contributed by atoms with Crippen LogP contribution in [0.1, 0.15) is 12.5 Å². The van der Waals surface area contributed by atoms with Crippen molar-refractivity contribution in [3.63, 3.8) is 0 Å². The van der Waals surface area contributed by atoms with Gasteiger partial charge in [-0.2, -0.15) is 0 Å². The normalized spacial score (nSPS) is 17.2. The molecule has 1 aromatic rings. The fourth-order valence-electron chi connectivity index (χ4n) is 2.61.